The molecule has 0 atom stereocenters. The summed E-state index contributed by atoms with van der Waals surface area (Å²) in [5.41, 5.74) is 2.13. The molecule has 5 nitrogen and oxygen atoms in total. The Morgan fingerprint density at radius 3 is 2.40 bits per heavy atom. The summed E-state index contributed by atoms with van der Waals surface area (Å²) in [6.45, 7) is 5.23. The molecule has 0 spiro atoms. The van der Waals surface area contributed by atoms with E-state index >= 15 is 0 Å². The van der Waals surface area contributed by atoms with Crippen LogP contribution in [0.1, 0.15) is 29.4 Å². The minimum absolute atomic E-state index is 0.0412. The molecule has 3 rings (SSSR count). The van der Waals surface area contributed by atoms with Crippen LogP contribution in [0.4, 0.5) is 13.2 Å². The molecule has 0 radical (unpaired) electrons. The molecule has 0 fully saturated rings. The summed E-state index contributed by atoms with van der Waals surface area (Å²) in [5, 5.41) is 8.73. The van der Waals surface area contributed by atoms with Gasteiger partial charge >= 0.3 is 6.18 Å². The van der Waals surface area contributed by atoms with E-state index in [2.05, 4.69) is 10.2 Å². The van der Waals surface area contributed by atoms with Crippen molar-refractivity contribution in [2.45, 2.75) is 37.6 Å². The summed E-state index contributed by atoms with van der Waals surface area (Å²) in [5.74, 6) is 1.18. The molecular weight excluding hydrogens is 415 g/mol. The molecule has 0 saturated carbocycles. The van der Waals surface area contributed by atoms with Gasteiger partial charge in [0.15, 0.2) is 5.78 Å². The summed E-state index contributed by atoms with van der Waals surface area (Å²) >= 11 is 1.56. The molecule has 1 aromatic heterocycles. The number of nitrogens with zero attached hydrogens (tertiary/aromatic N) is 3. The average molecular weight is 435 g/mol. The Balaban J connectivity index is 1.68. The Morgan fingerprint density at radius 1 is 1.10 bits per heavy atom. The van der Waals surface area contributed by atoms with E-state index in [-0.39, 0.29) is 12.4 Å². The molecule has 0 aliphatic carbocycles. The predicted molar refractivity (Wildman–Crippen MR) is 108 cm³/mol. The second-order valence-corrected chi connectivity index (χ2v) is 7.82. The second-order valence-electron chi connectivity index (χ2n) is 6.77. The molecule has 0 aliphatic heterocycles. The molecule has 0 N–H and O–H groups in total. The van der Waals surface area contributed by atoms with Crippen LogP contribution in [0.25, 0.3) is 5.69 Å². The number of thioether (sulfide) groups is 1. The third-order valence-electron chi connectivity index (χ3n) is 4.26. The summed E-state index contributed by atoms with van der Waals surface area (Å²) < 4.78 is 43.6. The van der Waals surface area contributed by atoms with Gasteiger partial charge in [-0.1, -0.05) is 0 Å². The van der Waals surface area contributed by atoms with E-state index < -0.39 is 11.7 Å². The number of rotatable bonds is 7. The highest BCUT2D eigenvalue weighted by atomic mass is 32.2. The quantitative estimate of drug-likeness (QED) is 0.480. The van der Waals surface area contributed by atoms with Crippen LogP contribution in [0.5, 0.6) is 5.75 Å². The fourth-order valence-corrected chi connectivity index (χ4v) is 3.64. The standard InChI is InChI=1S/C21H20F3N3O2S/c1-13-10-18(8-9-20(13)29-11-14(2)28)30-12-19-15(3)25-27(26-19)17-6-4-16(5-7-17)21(22,23)24/h4-10H,11-12H2,1-3H3. The van der Waals surface area contributed by atoms with Gasteiger partial charge in [-0.05, 0) is 68.8 Å². The molecule has 0 saturated heterocycles. The van der Waals surface area contributed by atoms with Crippen molar-refractivity contribution in [3.05, 3.63) is 65.0 Å². The van der Waals surface area contributed by atoms with Crippen LogP contribution < -0.4 is 4.74 Å². The zero-order chi connectivity index (χ0) is 21.9. The molecule has 158 valence electrons. The van der Waals surface area contributed by atoms with Crippen molar-refractivity contribution < 1.29 is 22.7 Å². The summed E-state index contributed by atoms with van der Waals surface area (Å²) in [4.78, 5) is 13.4. The molecule has 1 heterocycles. The van der Waals surface area contributed by atoms with Crippen LogP contribution >= 0.6 is 11.8 Å². The van der Waals surface area contributed by atoms with E-state index in [0.29, 0.717) is 22.9 Å². The van der Waals surface area contributed by atoms with Crippen LogP contribution in [0.2, 0.25) is 0 Å². The number of ether oxygens (including phenoxy) is 1. The first-order valence-corrected chi connectivity index (χ1v) is 10.1. The molecule has 2 aromatic carbocycles. The largest absolute Gasteiger partial charge is 0.486 e. The Bertz CT molecular complexity index is 1050. The van der Waals surface area contributed by atoms with Gasteiger partial charge in [-0.3, -0.25) is 4.79 Å². The van der Waals surface area contributed by atoms with E-state index in [9.17, 15) is 18.0 Å². The Labute approximate surface area is 176 Å². The Kier molecular flexibility index (Phi) is 6.50. The van der Waals surface area contributed by atoms with Crippen LogP contribution in [-0.4, -0.2) is 27.4 Å². The van der Waals surface area contributed by atoms with Gasteiger partial charge in [0, 0.05) is 10.6 Å². The number of aryl methyl sites for hydroxylation is 2. The van der Waals surface area contributed by atoms with E-state index in [4.69, 9.17) is 4.74 Å². The number of Topliss-reactive ketones (excluding diaryl/α,β-unsaturated/α-hetero) is 1. The first-order valence-electron chi connectivity index (χ1n) is 9.09. The SMILES string of the molecule is CC(=O)COc1ccc(SCc2nn(-c3ccc(C(F)(F)F)cc3)nc2C)cc1C. The highest BCUT2D eigenvalue weighted by molar-refractivity contribution is 7.98. The highest BCUT2D eigenvalue weighted by Crippen LogP contribution is 2.30. The van der Waals surface area contributed by atoms with Gasteiger partial charge in [0.1, 0.15) is 12.4 Å². The molecule has 0 bridgehead atoms. The topological polar surface area (TPSA) is 57.0 Å². The van der Waals surface area contributed by atoms with E-state index in [1.54, 1.807) is 11.8 Å². The fraction of sp³-hybridized carbons (Fsp3) is 0.286. The molecule has 0 unspecified atom stereocenters. The van der Waals surface area contributed by atoms with Crippen molar-refractivity contribution in [3.63, 3.8) is 0 Å². The summed E-state index contributed by atoms with van der Waals surface area (Å²) in [7, 11) is 0. The second kappa shape index (κ2) is 8.91. The molecule has 0 amide bonds. The molecule has 0 aliphatic rings. The normalized spacial score (nSPS) is 11.5. The predicted octanol–water partition coefficient (Wildman–Crippen LogP) is 5.16. The van der Waals surface area contributed by atoms with Crippen LogP contribution in [0, 0.1) is 13.8 Å². The van der Waals surface area contributed by atoms with Gasteiger partial charge in [0.05, 0.1) is 22.6 Å². The lowest BCUT2D eigenvalue weighted by Gasteiger charge is -2.09. The number of benzene rings is 2. The van der Waals surface area contributed by atoms with Crippen molar-refractivity contribution in [2.24, 2.45) is 0 Å². The third kappa shape index (κ3) is 5.41. The van der Waals surface area contributed by atoms with Gasteiger partial charge in [-0.25, -0.2) is 0 Å². The molecular formula is C21H20F3N3O2S. The zero-order valence-electron chi connectivity index (χ0n) is 16.7. The van der Waals surface area contributed by atoms with Gasteiger partial charge in [0.25, 0.3) is 0 Å². The Hall–Kier alpha value is -2.81. The van der Waals surface area contributed by atoms with Crippen molar-refractivity contribution in [2.75, 3.05) is 6.61 Å². The third-order valence-corrected chi connectivity index (χ3v) is 5.26. The number of hydrogen-bond donors (Lipinski definition) is 0. The summed E-state index contributed by atoms with van der Waals surface area (Å²) in [6, 6.07) is 10.4. The van der Waals surface area contributed by atoms with Crippen molar-refractivity contribution in [1.29, 1.82) is 0 Å². The number of aromatic nitrogens is 3. The maximum absolute atomic E-state index is 12.7. The highest BCUT2D eigenvalue weighted by Gasteiger charge is 2.30. The average Bonchev–Trinajstić information content (AvgIpc) is 3.05. The van der Waals surface area contributed by atoms with Crippen molar-refractivity contribution in [3.8, 4) is 11.4 Å². The van der Waals surface area contributed by atoms with Gasteiger partial charge < -0.3 is 4.74 Å². The van der Waals surface area contributed by atoms with Gasteiger partial charge in [0.2, 0.25) is 0 Å². The van der Waals surface area contributed by atoms with Gasteiger partial charge in [-0.15, -0.1) is 11.8 Å². The minimum Gasteiger partial charge on any atom is -0.486 e. The number of ketones is 1. The Morgan fingerprint density at radius 2 is 1.80 bits per heavy atom. The maximum Gasteiger partial charge on any atom is 0.416 e. The van der Waals surface area contributed by atoms with Crippen LogP contribution in [0.15, 0.2) is 47.4 Å². The van der Waals surface area contributed by atoms with Crippen molar-refractivity contribution in [1.82, 2.24) is 15.0 Å². The van der Waals surface area contributed by atoms with E-state index in [1.807, 2.05) is 32.0 Å². The zero-order valence-corrected chi connectivity index (χ0v) is 17.5. The number of hydrogen-bond acceptors (Lipinski definition) is 5. The number of halogens is 3. The smallest absolute Gasteiger partial charge is 0.416 e. The number of alkyl halides is 3. The van der Waals surface area contributed by atoms with Crippen molar-refractivity contribution >= 4 is 17.5 Å². The number of carbonyl (C=O) groups excluding carboxylic acids is 1. The monoisotopic (exact) mass is 435 g/mol. The maximum atomic E-state index is 12.7. The lowest BCUT2D eigenvalue weighted by Crippen LogP contribution is -2.07. The first-order chi connectivity index (χ1) is 14.1. The first kappa shape index (κ1) is 21.9. The van der Waals surface area contributed by atoms with Crippen LogP contribution in [0.3, 0.4) is 0 Å². The minimum atomic E-state index is -4.38. The van der Waals surface area contributed by atoms with Gasteiger partial charge in [-0.2, -0.15) is 28.2 Å². The number of carbonyl (C=O) groups is 1. The fourth-order valence-electron chi connectivity index (χ4n) is 2.65. The lowest BCUT2D eigenvalue weighted by atomic mass is 10.2. The molecule has 9 heteroatoms. The van der Waals surface area contributed by atoms with Crippen LogP contribution in [-0.2, 0) is 16.7 Å². The van der Waals surface area contributed by atoms with E-state index in [1.165, 1.54) is 23.9 Å². The molecule has 30 heavy (non-hydrogen) atoms. The van der Waals surface area contributed by atoms with E-state index in [0.717, 1.165) is 28.3 Å². The molecule has 3 aromatic rings. The lowest BCUT2D eigenvalue weighted by molar-refractivity contribution is -0.137. The summed E-state index contributed by atoms with van der Waals surface area (Å²) in [6.07, 6.45) is -4.38.